The summed E-state index contributed by atoms with van der Waals surface area (Å²) in [5.74, 6) is 0. The van der Waals surface area contributed by atoms with E-state index in [1.54, 1.807) is 0 Å². The quantitative estimate of drug-likeness (QED) is 0.181. The zero-order valence-corrected chi connectivity index (χ0v) is 29.5. The molecular weight excluding hydrogens is 657 g/mol. The molecule has 11 aromatic rings. The lowest BCUT2D eigenvalue weighted by molar-refractivity contribution is 1.16. The predicted molar refractivity (Wildman–Crippen MR) is 224 cm³/mol. The summed E-state index contributed by atoms with van der Waals surface area (Å²) in [5.41, 5.74) is 14.5. The van der Waals surface area contributed by atoms with Crippen LogP contribution in [0.25, 0.3) is 93.6 Å². The zero-order valence-electron chi connectivity index (χ0n) is 29.5. The average molecular weight is 689 g/mol. The van der Waals surface area contributed by atoms with Gasteiger partial charge in [0.05, 0.1) is 44.7 Å². The van der Waals surface area contributed by atoms with Crippen molar-refractivity contribution >= 4 is 65.4 Å². The van der Waals surface area contributed by atoms with E-state index >= 15 is 0 Å². The number of nitriles is 1. The molecule has 3 heterocycles. The number of fused-ring (bicyclic) bond motifs is 9. The van der Waals surface area contributed by atoms with Gasteiger partial charge in [-0.25, -0.2) is 0 Å². The van der Waals surface area contributed by atoms with Crippen molar-refractivity contribution in [2.45, 2.75) is 6.92 Å². The van der Waals surface area contributed by atoms with Gasteiger partial charge in [-0.15, -0.1) is 0 Å². The lowest BCUT2D eigenvalue weighted by atomic mass is 9.98. The number of rotatable bonds is 4. The number of hydrogen-bond donors (Lipinski definition) is 0. The summed E-state index contributed by atoms with van der Waals surface area (Å²) in [6.07, 6.45) is 0. The highest BCUT2D eigenvalue weighted by atomic mass is 15.0. The van der Waals surface area contributed by atoms with Gasteiger partial charge < -0.3 is 13.7 Å². The third-order valence-corrected chi connectivity index (χ3v) is 11.2. The maximum atomic E-state index is 9.41. The van der Waals surface area contributed by atoms with Crippen molar-refractivity contribution in [3.63, 3.8) is 0 Å². The second kappa shape index (κ2) is 11.6. The summed E-state index contributed by atoms with van der Waals surface area (Å²) >= 11 is 0. The maximum absolute atomic E-state index is 9.41. The molecule has 3 aromatic heterocycles. The molecule has 11 rings (SSSR count). The molecule has 0 saturated heterocycles. The van der Waals surface area contributed by atoms with E-state index in [1.165, 1.54) is 54.4 Å². The van der Waals surface area contributed by atoms with Crippen molar-refractivity contribution < 1.29 is 0 Å². The van der Waals surface area contributed by atoms with Gasteiger partial charge in [0.2, 0.25) is 0 Å². The van der Waals surface area contributed by atoms with E-state index in [9.17, 15) is 5.26 Å². The monoisotopic (exact) mass is 688 g/mol. The van der Waals surface area contributed by atoms with Crippen molar-refractivity contribution in [2.75, 3.05) is 0 Å². The SMILES string of the molecule is Cc1cc(C#N)ccc1-c1ccc(-n2c3ccc(-n4c5ccccc5c5ccccc54)cc3c3cc(-n4c5ccccc5c5ccccc54)ccc32)cc1. The van der Waals surface area contributed by atoms with Gasteiger partial charge in [-0.05, 0) is 109 Å². The van der Waals surface area contributed by atoms with Crippen LogP contribution in [0.15, 0.2) is 176 Å². The van der Waals surface area contributed by atoms with Gasteiger partial charge in [0.15, 0.2) is 0 Å². The van der Waals surface area contributed by atoms with E-state index in [-0.39, 0.29) is 0 Å². The van der Waals surface area contributed by atoms with Gasteiger partial charge >= 0.3 is 0 Å². The fourth-order valence-corrected chi connectivity index (χ4v) is 8.80. The van der Waals surface area contributed by atoms with Crippen molar-refractivity contribution in [3.8, 4) is 34.3 Å². The molecule has 4 nitrogen and oxygen atoms in total. The molecule has 0 aliphatic heterocycles. The zero-order chi connectivity index (χ0) is 35.9. The Kier molecular flexibility index (Phi) is 6.50. The average Bonchev–Trinajstić information content (AvgIpc) is 3.86. The Morgan fingerprint density at radius 2 is 0.759 bits per heavy atom. The second-order valence-corrected chi connectivity index (χ2v) is 14.2. The molecule has 4 heteroatoms. The van der Waals surface area contributed by atoms with Crippen LogP contribution in [0.1, 0.15) is 11.1 Å². The molecule has 0 spiro atoms. The number of para-hydroxylation sites is 4. The highest BCUT2D eigenvalue weighted by Gasteiger charge is 2.19. The Morgan fingerprint density at radius 1 is 0.370 bits per heavy atom. The largest absolute Gasteiger partial charge is 0.309 e. The Morgan fingerprint density at radius 3 is 1.19 bits per heavy atom. The molecule has 0 fully saturated rings. The van der Waals surface area contributed by atoms with Crippen LogP contribution in [0, 0.1) is 18.3 Å². The van der Waals surface area contributed by atoms with Crippen LogP contribution < -0.4 is 0 Å². The summed E-state index contributed by atoms with van der Waals surface area (Å²) in [6.45, 7) is 2.07. The minimum absolute atomic E-state index is 0.679. The van der Waals surface area contributed by atoms with Crippen molar-refractivity contribution in [3.05, 3.63) is 187 Å². The van der Waals surface area contributed by atoms with E-state index in [0.717, 1.165) is 44.8 Å². The molecule has 0 bridgehead atoms. The highest BCUT2D eigenvalue weighted by molar-refractivity contribution is 6.14. The summed E-state index contributed by atoms with van der Waals surface area (Å²) in [4.78, 5) is 0. The predicted octanol–water partition coefficient (Wildman–Crippen LogP) is 12.8. The van der Waals surface area contributed by atoms with Gasteiger partial charge in [0.25, 0.3) is 0 Å². The van der Waals surface area contributed by atoms with E-state index < -0.39 is 0 Å². The van der Waals surface area contributed by atoms with Gasteiger partial charge in [0, 0.05) is 49.4 Å². The summed E-state index contributed by atoms with van der Waals surface area (Å²) in [5, 5.41) is 16.8. The lowest BCUT2D eigenvalue weighted by Crippen LogP contribution is -1.96. The van der Waals surface area contributed by atoms with Crippen LogP contribution in [0.5, 0.6) is 0 Å². The number of aryl methyl sites for hydroxylation is 1. The first-order chi connectivity index (χ1) is 26.7. The smallest absolute Gasteiger partial charge is 0.0991 e. The van der Waals surface area contributed by atoms with Crippen LogP contribution in [-0.4, -0.2) is 13.7 Å². The molecular formula is C50H32N4. The van der Waals surface area contributed by atoms with Crippen molar-refractivity contribution in [1.82, 2.24) is 13.7 Å². The van der Waals surface area contributed by atoms with Crippen molar-refractivity contribution in [1.29, 1.82) is 5.26 Å². The van der Waals surface area contributed by atoms with E-state index in [2.05, 4.69) is 190 Å². The molecule has 8 aromatic carbocycles. The van der Waals surface area contributed by atoms with Crippen molar-refractivity contribution in [2.24, 2.45) is 0 Å². The first kappa shape index (κ1) is 30.3. The van der Waals surface area contributed by atoms with Crippen LogP contribution >= 0.6 is 0 Å². The maximum Gasteiger partial charge on any atom is 0.0991 e. The molecule has 0 aliphatic carbocycles. The normalized spacial score (nSPS) is 11.8. The number of hydrogen-bond acceptors (Lipinski definition) is 1. The Labute approximate surface area is 311 Å². The number of aromatic nitrogens is 3. The Balaban J connectivity index is 1.17. The number of benzene rings is 8. The standard InChI is InChI=1S/C50H32N4/c1-32-28-33(31-51)18-25-38(32)34-19-21-35(22-20-34)52-49-26-23-36(53-45-14-6-2-10-39(45)40-11-3-7-15-46(40)53)29-43(49)44-30-37(24-27-50(44)52)54-47-16-8-4-12-41(47)42-13-5-9-17-48(42)54/h2-30H,1H3. The molecule has 54 heavy (non-hydrogen) atoms. The number of nitrogens with zero attached hydrogens (tertiary/aromatic N) is 4. The van der Waals surface area contributed by atoms with Gasteiger partial charge in [-0.2, -0.15) is 5.26 Å². The van der Waals surface area contributed by atoms with Crippen LogP contribution in [0.2, 0.25) is 0 Å². The second-order valence-electron chi connectivity index (χ2n) is 14.2. The summed E-state index contributed by atoms with van der Waals surface area (Å²) < 4.78 is 7.20. The summed E-state index contributed by atoms with van der Waals surface area (Å²) in [7, 11) is 0. The molecule has 0 atom stereocenters. The highest BCUT2D eigenvalue weighted by Crippen LogP contribution is 2.39. The summed E-state index contributed by atoms with van der Waals surface area (Å²) in [6, 6.07) is 65.6. The van der Waals surface area contributed by atoms with E-state index in [1.807, 2.05) is 12.1 Å². The topological polar surface area (TPSA) is 38.6 Å². The van der Waals surface area contributed by atoms with Crippen LogP contribution in [0.4, 0.5) is 0 Å². The Bertz CT molecular complexity index is 3070. The third kappa shape index (κ3) is 4.36. The van der Waals surface area contributed by atoms with Crippen LogP contribution in [-0.2, 0) is 0 Å². The molecule has 0 N–H and O–H groups in total. The minimum atomic E-state index is 0.679. The Hall–Kier alpha value is -7.35. The minimum Gasteiger partial charge on any atom is -0.309 e. The molecule has 0 saturated carbocycles. The molecule has 252 valence electrons. The van der Waals surface area contributed by atoms with Crippen LogP contribution in [0.3, 0.4) is 0 Å². The first-order valence-electron chi connectivity index (χ1n) is 18.3. The third-order valence-electron chi connectivity index (χ3n) is 11.2. The molecule has 0 amide bonds. The fourth-order valence-electron chi connectivity index (χ4n) is 8.80. The lowest BCUT2D eigenvalue weighted by Gasteiger charge is -2.12. The molecule has 0 unspecified atom stereocenters. The van der Waals surface area contributed by atoms with Gasteiger partial charge in [-0.3, -0.25) is 0 Å². The van der Waals surface area contributed by atoms with Gasteiger partial charge in [-0.1, -0.05) is 91.0 Å². The van der Waals surface area contributed by atoms with E-state index in [4.69, 9.17) is 0 Å². The fraction of sp³-hybridized carbons (Fsp3) is 0.0200. The molecule has 0 radical (unpaired) electrons. The van der Waals surface area contributed by atoms with E-state index in [0.29, 0.717) is 5.56 Å². The molecule has 0 aliphatic rings. The van der Waals surface area contributed by atoms with Gasteiger partial charge in [0.1, 0.15) is 0 Å². The first-order valence-corrected chi connectivity index (χ1v) is 18.3.